The summed E-state index contributed by atoms with van der Waals surface area (Å²) in [4.78, 5) is -1.39. The molecule has 6 nitrogen and oxygen atoms in total. The lowest BCUT2D eigenvalue weighted by molar-refractivity contribution is -0.0436. The number of rotatable bonds is 4. The Hall–Kier alpha value is -1.54. The van der Waals surface area contributed by atoms with Gasteiger partial charge in [-0.3, -0.25) is 4.72 Å². The minimum atomic E-state index is -5.71. The van der Waals surface area contributed by atoms with E-state index in [0.717, 1.165) is 5.56 Å². The zero-order valence-electron chi connectivity index (χ0n) is 12.9. The van der Waals surface area contributed by atoms with E-state index in [9.17, 15) is 35.1 Å². The molecule has 142 valence electrons. The molecule has 0 heterocycles. The zero-order valence-corrected chi connectivity index (χ0v) is 16.7. The fourth-order valence-corrected chi connectivity index (χ4v) is 4.57. The molecule has 2 aromatic rings. The molecule has 0 aliphatic carbocycles. The van der Waals surface area contributed by atoms with Crippen molar-refractivity contribution in [2.45, 2.75) is 22.2 Å². The second kappa shape index (κ2) is 6.88. The lowest BCUT2D eigenvalue weighted by atomic mass is 10.2. The number of aromatic hydroxyl groups is 1. The van der Waals surface area contributed by atoms with Crippen LogP contribution in [0.15, 0.2) is 46.2 Å². The van der Waals surface area contributed by atoms with Gasteiger partial charge >= 0.3 is 5.51 Å². The third kappa shape index (κ3) is 4.06. The van der Waals surface area contributed by atoms with Gasteiger partial charge in [-0.05, 0) is 53.8 Å². The molecule has 0 saturated carbocycles. The number of phenolic OH excluding ortho intramolecular Hbond substituents is 1. The van der Waals surface area contributed by atoms with Crippen molar-refractivity contribution in [2.75, 3.05) is 4.72 Å². The maximum absolute atomic E-state index is 12.7. The van der Waals surface area contributed by atoms with E-state index in [0.29, 0.717) is 12.1 Å². The van der Waals surface area contributed by atoms with Gasteiger partial charge in [0.15, 0.2) is 5.75 Å². The average molecular weight is 521 g/mol. The highest BCUT2D eigenvalue weighted by molar-refractivity contribution is 14.1. The Morgan fingerprint density at radius 1 is 1.00 bits per heavy atom. The molecule has 0 bridgehead atoms. The van der Waals surface area contributed by atoms with Gasteiger partial charge in [-0.2, -0.15) is 13.2 Å². The molecule has 12 heteroatoms. The molecule has 0 atom stereocenters. The molecule has 0 unspecified atom stereocenters. The van der Waals surface area contributed by atoms with Gasteiger partial charge in [0, 0.05) is 0 Å². The van der Waals surface area contributed by atoms with E-state index in [1.54, 1.807) is 6.92 Å². The van der Waals surface area contributed by atoms with Gasteiger partial charge in [-0.15, -0.1) is 0 Å². The summed E-state index contributed by atoms with van der Waals surface area (Å²) in [5, 5.41) is 9.93. The first-order valence-corrected chi connectivity index (χ1v) is 10.7. The number of nitrogens with one attached hydrogen (secondary N) is 1. The van der Waals surface area contributed by atoms with Crippen molar-refractivity contribution in [3.8, 4) is 5.75 Å². The highest BCUT2D eigenvalue weighted by Crippen LogP contribution is 2.38. The Balaban J connectivity index is 2.55. The van der Waals surface area contributed by atoms with E-state index < -0.39 is 41.7 Å². The van der Waals surface area contributed by atoms with Crippen molar-refractivity contribution in [1.29, 1.82) is 0 Å². The maximum Gasteiger partial charge on any atom is 0.501 e. The highest BCUT2D eigenvalue weighted by atomic mass is 127. The fourth-order valence-electron chi connectivity index (χ4n) is 1.86. The Bertz CT molecular complexity index is 1050. The molecule has 0 amide bonds. The van der Waals surface area contributed by atoms with Gasteiger partial charge in [0.25, 0.3) is 19.9 Å². The quantitative estimate of drug-likeness (QED) is 0.475. The van der Waals surface area contributed by atoms with Crippen LogP contribution in [0, 0.1) is 10.5 Å². The van der Waals surface area contributed by atoms with Crippen LogP contribution in [0.2, 0.25) is 0 Å². The number of aryl methyl sites for hydroxylation is 1. The Kier molecular flexibility index (Phi) is 5.50. The second-order valence-electron chi connectivity index (χ2n) is 5.17. The summed E-state index contributed by atoms with van der Waals surface area (Å²) in [6.45, 7) is 1.73. The number of benzene rings is 2. The number of hydrogen-bond donors (Lipinski definition) is 2. The van der Waals surface area contributed by atoms with Gasteiger partial charge in [-0.1, -0.05) is 17.7 Å². The fraction of sp³-hybridized carbons (Fsp3) is 0.143. The van der Waals surface area contributed by atoms with Crippen molar-refractivity contribution < 1.29 is 35.1 Å². The van der Waals surface area contributed by atoms with Crippen LogP contribution in [0.3, 0.4) is 0 Å². The molecule has 26 heavy (non-hydrogen) atoms. The summed E-state index contributed by atoms with van der Waals surface area (Å²) < 4.78 is 87.6. The van der Waals surface area contributed by atoms with Crippen molar-refractivity contribution in [1.82, 2.24) is 0 Å². The normalized spacial score (nSPS) is 12.8. The Morgan fingerprint density at radius 2 is 1.54 bits per heavy atom. The van der Waals surface area contributed by atoms with Crippen LogP contribution in [0.1, 0.15) is 5.56 Å². The predicted molar refractivity (Wildman–Crippen MR) is 96.1 cm³/mol. The molecule has 2 aromatic carbocycles. The Morgan fingerprint density at radius 3 is 2.04 bits per heavy atom. The van der Waals surface area contributed by atoms with Gasteiger partial charge in [0.05, 0.1) is 19.0 Å². The van der Waals surface area contributed by atoms with Gasteiger partial charge in [0.1, 0.15) is 0 Å². The molecule has 0 aliphatic rings. The van der Waals surface area contributed by atoms with Crippen molar-refractivity contribution in [2.24, 2.45) is 0 Å². The smallest absolute Gasteiger partial charge is 0.501 e. The van der Waals surface area contributed by atoms with E-state index in [1.165, 1.54) is 46.9 Å². The minimum absolute atomic E-state index is 0.207. The molecule has 0 fully saturated rings. The third-order valence-electron chi connectivity index (χ3n) is 3.23. The molecule has 0 aromatic heterocycles. The standard InChI is InChI=1S/C14H11F3INO5S2/c1-8-2-4-9(5-3-8)26(23,24)19-12-7-10(6-11(18)13(12)20)25(21,22)14(15,16)17/h2-7,19-20H,1H3. The first kappa shape index (κ1) is 20.8. The van der Waals surface area contributed by atoms with E-state index in [4.69, 9.17) is 0 Å². The van der Waals surface area contributed by atoms with Crippen LogP contribution in [0.5, 0.6) is 5.75 Å². The zero-order chi connectivity index (χ0) is 19.9. The maximum atomic E-state index is 12.7. The summed E-state index contributed by atoms with van der Waals surface area (Å²) >= 11 is 1.40. The van der Waals surface area contributed by atoms with Crippen molar-refractivity contribution in [3.05, 3.63) is 45.5 Å². The molecule has 0 spiro atoms. The van der Waals surface area contributed by atoms with Gasteiger partial charge in [-0.25, -0.2) is 16.8 Å². The number of phenols is 1. The predicted octanol–water partition coefficient (Wildman–Crippen LogP) is 3.40. The largest absolute Gasteiger partial charge is 0.505 e. The molecular weight excluding hydrogens is 510 g/mol. The van der Waals surface area contributed by atoms with Crippen LogP contribution in [0.25, 0.3) is 0 Å². The van der Waals surface area contributed by atoms with Crippen LogP contribution < -0.4 is 4.72 Å². The van der Waals surface area contributed by atoms with Crippen LogP contribution in [-0.4, -0.2) is 27.5 Å². The SMILES string of the molecule is Cc1ccc(S(=O)(=O)Nc2cc(S(=O)(=O)C(F)(F)F)cc(I)c2O)cc1. The summed E-state index contributed by atoms with van der Waals surface area (Å²) in [6, 6.07) is 6.55. The minimum Gasteiger partial charge on any atom is -0.505 e. The third-order valence-corrected chi connectivity index (χ3v) is 6.90. The number of sulfonamides is 1. The van der Waals surface area contributed by atoms with Crippen LogP contribution >= 0.6 is 22.6 Å². The van der Waals surface area contributed by atoms with Crippen molar-refractivity contribution in [3.63, 3.8) is 0 Å². The van der Waals surface area contributed by atoms with E-state index in [2.05, 4.69) is 0 Å². The summed E-state index contributed by atoms with van der Waals surface area (Å²) in [7, 11) is -9.97. The molecule has 0 aliphatic heterocycles. The van der Waals surface area contributed by atoms with Crippen LogP contribution in [-0.2, 0) is 19.9 Å². The molecule has 0 radical (unpaired) electrons. The van der Waals surface area contributed by atoms with Crippen molar-refractivity contribution >= 4 is 48.1 Å². The monoisotopic (exact) mass is 521 g/mol. The molecule has 2 rings (SSSR count). The second-order valence-corrected chi connectivity index (χ2v) is 9.95. The van der Waals surface area contributed by atoms with Gasteiger partial charge in [0.2, 0.25) is 0 Å². The summed E-state index contributed by atoms with van der Waals surface area (Å²) in [5.41, 5.74) is -5.47. The molecular formula is C14H11F3INO5S2. The Labute approximate surface area is 161 Å². The topological polar surface area (TPSA) is 101 Å². The van der Waals surface area contributed by atoms with Crippen LogP contribution in [0.4, 0.5) is 18.9 Å². The first-order valence-electron chi connectivity index (χ1n) is 6.69. The summed E-state index contributed by atoms with van der Waals surface area (Å²) in [5.74, 6) is -0.692. The lowest BCUT2D eigenvalue weighted by Crippen LogP contribution is -2.23. The highest BCUT2D eigenvalue weighted by Gasteiger charge is 2.47. The van der Waals surface area contributed by atoms with E-state index in [-0.39, 0.29) is 8.47 Å². The number of alkyl halides is 3. The number of sulfone groups is 1. The number of halogens is 4. The molecule has 2 N–H and O–H groups in total. The van der Waals surface area contributed by atoms with E-state index >= 15 is 0 Å². The first-order chi connectivity index (χ1) is 11.8. The van der Waals surface area contributed by atoms with Gasteiger partial charge < -0.3 is 5.11 Å². The number of hydrogen-bond acceptors (Lipinski definition) is 5. The number of anilines is 1. The molecule has 0 saturated heterocycles. The lowest BCUT2D eigenvalue weighted by Gasteiger charge is -2.14. The van der Waals surface area contributed by atoms with E-state index in [1.807, 2.05) is 4.72 Å². The average Bonchev–Trinajstić information content (AvgIpc) is 2.50. The summed E-state index contributed by atoms with van der Waals surface area (Å²) in [6.07, 6.45) is 0.